The molecule has 0 saturated carbocycles. The third-order valence-corrected chi connectivity index (χ3v) is 5.15. The second kappa shape index (κ2) is 7.92. The van der Waals surface area contributed by atoms with Gasteiger partial charge >= 0.3 is 0 Å². The highest BCUT2D eigenvalue weighted by atomic mass is 16.2. The predicted molar refractivity (Wildman–Crippen MR) is 94.7 cm³/mol. The molecule has 1 unspecified atom stereocenters. The van der Waals surface area contributed by atoms with Gasteiger partial charge in [-0.1, -0.05) is 13.8 Å². The summed E-state index contributed by atoms with van der Waals surface area (Å²) in [6, 6.07) is 4.25. The monoisotopic (exact) mass is 331 g/mol. The van der Waals surface area contributed by atoms with E-state index < -0.39 is 0 Å². The summed E-state index contributed by atoms with van der Waals surface area (Å²) >= 11 is 0. The Labute approximate surface area is 144 Å². The zero-order chi connectivity index (χ0) is 16.9. The normalized spacial score (nSPS) is 21.2. The number of hydrogen-bond donors (Lipinski definition) is 1. The first kappa shape index (κ1) is 17.1. The molecule has 0 bridgehead atoms. The van der Waals surface area contributed by atoms with Gasteiger partial charge in [-0.25, -0.2) is 0 Å². The minimum absolute atomic E-state index is 0.0528. The van der Waals surface area contributed by atoms with Crippen LogP contribution in [0, 0.1) is 5.92 Å². The van der Waals surface area contributed by atoms with E-state index >= 15 is 0 Å². The summed E-state index contributed by atoms with van der Waals surface area (Å²) < 4.78 is 0. The number of carbonyl (C=O) groups excluding carboxylic acids is 1. The van der Waals surface area contributed by atoms with E-state index in [0.29, 0.717) is 17.9 Å². The maximum Gasteiger partial charge on any atom is 0.240 e. The molecule has 2 aliphatic heterocycles. The van der Waals surface area contributed by atoms with Gasteiger partial charge in [-0.15, -0.1) is 5.10 Å². The lowest BCUT2D eigenvalue weighted by Gasteiger charge is -2.38. The van der Waals surface area contributed by atoms with Crippen molar-refractivity contribution in [3.05, 3.63) is 18.3 Å². The summed E-state index contributed by atoms with van der Waals surface area (Å²) in [5.41, 5.74) is 0. The van der Waals surface area contributed by atoms with Crippen LogP contribution >= 0.6 is 0 Å². The van der Waals surface area contributed by atoms with E-state index in [1.54, 1.807) is 6.20 Å². The van der Waals surface area contributed by atoms with Gasteiger partial charge in [-0.2, -0.15) is 5.10 Å². The van der Waals surface area contributed by atoms with Gasteiger partial charge in [0.05, 0.1) is 6.04 Å². The van der Waals surface area contributed by atoms with Crippen LogP contribution in [0.4, 0.5) is 5.82 Å². The third-order valence-electron chi connectivity index (χ3n) is 5.15. The fourth-order valence-electron chi connectivity index (χ4n) is 3.90. The van der Waals surface area contributed by atoms with Crippen molar-refractivity contribution in [1.82, 2.24) is 20.0 Å². The molecule has 1 aromatic heterocycles. The van der Waals surface area contributed by atoms with Crippen molar-refractivity contribution >= 4 is 11.7 Å². The molecule has 1 aromatic rings. The molecule has 6 nitrogen and oxygen atoms in total. The Morgan fingerprint density at radius 2 is 1.92 bits per heavy atom. The smallest absolute Gasteiger partial charge is 0.240 e. The van der Waals surface area contributed by atoms with Gasteiger partial charge < -0.3 is 10.2 Å². The molecule has 2 saturated heterocycles. The second-order valence-electron chi connectivity index (χ2n) is 7.28. The minimum atomic E-state index is 0.0528. The topological polar surface area (TPSA) is 61.4 Å². The summed E-state index contributed by atoms with van der Waals surface area (Å²) in [5.74, 6) is 1.51. The average Bonchev–Trinajstić information content (AvgIpc) is 3.10. The van der Waals surface area contributed by atoms with Crippen molar-refractivity contribution in [2.75, 3.05) is 31.5 Å². The first-order chi connectivity index (χ1) is 11.6. The fourth-order valence-corrected chi connectivity index (χ4v) is 3.90. The molecule has 1 atom stereocenters. The van der Waals surface area contributed by atoms with Crippen LogP contribution in [-0.2, 0) is 4.79 Å². The molecule has 2 aliphatic rings. The van der Waals surface area contributed by atoms with Crippen molar-refractivity contribution in [2.24, 2.45) is 5.92 Å². The molecule has 1 N–H and O–H groups in total. The summed E-state index contributed by atoms with van der Waals surface area (Å²) in [6.45, 7) is 8.13. The van der Waals surface area contributed by atoms with Gasteiger partial charge in [0.2, 0.25) is 5.91 Å². The van der Waals surface area contributed by atoms with E-state index in [2.05, 4.69) is 39.2 Å². The summed E-state index contributed by atoms with van der Waals surface area (Å²) in [4.78, 5) is 17.5. The number of nitrogens with zero attached hydrogens (tertiary/aromatic N) is 4. The Morgan fingerprint density at radius 3 is 2.50 bits per heavy atom. The molecule has 2 fully saturated rings. The molecule has 6 heteroatoms. The molecule has 132 valence electrons. The SMILES string of the molecule is CC(C)C(C(=O)N1CCC(Nc2cccnn2)CC1)N1CCCC1. The van der Waals surface area contributed by atoms with Crippen molar-refractivity contribution in [3.63, 3.8) is 0 Å². The Morgan fingerprint density at radius 1 is 1.21 bits per heavy atom. The Kier molecular flexibility index (Phi) is 5.66. The van der Waals surface area contributed by atoms with E-state index in [4.69, 9.17) is 0 Å². The van der Waals surface area contributed by atoms with E-state index in [-0.39, 0.29) is 6.04 Å². The molecule has 3 heterocycles. The number of hydrogen-bond acceptors (Lipinski definition) is 5. The van der Waals surface area contributed by atoms with E-state index in [1.807, 2.05) is 12.1 Å². The molecule has 24 heavy (non-hydrogen) atoms. The Balaban J connectivity index is 1.54. The first-order valence-electron chi connectivity index (χ1n) is 9.22. The summed E-state index contributed by atoms with van der Waals surface area (Å²) in [7, 11) is 0. The Bertz CT molecular complexity index is 521. The Hall–Kier alpha value is -1.69. The maximum absolute atomic E-state index is 13.0. The number of carbonyl (C=O) groups is 1. The number of likely N-dealkylation sites (tertiary alicyclic amines) is 2. The molecular formula is C18H29N5O. The molecule has 3 rings (SSSR count). The van der Waals surface area contributed by atoms with Crippen LogP contribution in [0.3, 0.4) is 0 Å². The number of amides is 1. The van der Waals surface area contributed by atoms with Crippen LogP contribution in [0.25, 0.3) is 0 Å². The van der Waals surface area contributed by atoms with Crippen LogP contribution in [0.15, 0.2) is 18.3 Å². The second-order valence-corrected chi connectivity index (χ2v) is 7.28. The third kappa shape index (κ3) is 4.04. The average molecular weight is 331 g/mol. The van der Waals surface area contributed by atoms with Gasteiger partial charge in [-0.3, -0.25) is 9.69 Å². The zero-order valence-electron chi connectivity index (χ0n) is 14.8. The van der Waals surface area contributed by atoms with Gasteiger partial charge in [0, 0.05) is 25.3 Å². The van der Waals surface area contributed by atoms with Gasteiger partial charge in [-0.05, 0) is 56.8 Å². The lowest BCUT2D eigenvalue weighted by Crippen LogP contribution is -2.53. The van der Waals surface area contributed by atoms with Crippen LogP contribution in [0.1, 0.15) is 39.5 Å². The predicted octanol–water partition coefficient (Wildman–Crippen LogP) is 2.00. The molecule has 0 spiro atoms. The van der Waals surface area contributed by atoms with Crippen LogP contribution in [-0.4, -0.2) is 64.2 Å². The van der Waals surface area contributed by atoms with Crippen molar-refractivity contribution < 1.29 is 4.79 Å². The molecule has 0 radical (unpaired) electrons. The number of rotatable bonds is 5. The maximum atomic E-state index is 13.0. The van der Waals surface area contributed by atoms with E-state index in [0.717, 1.165) is 44.8 Å². The highest BCUT2D eigenvalue weighted by Crippen LogP contribution is 2.22. The van der Waals surface area contributed by atoms with Crippen molar-refractivity contribution in [3.8, 4) is 0 Å². The lowest BCUT2D eigenvalue weighted by molar-refractivity contribution is -0.139. The molecule has 1 amide bonds. The first-order valence-corrected chi connectivity index (χ1v) is 9.22. The van der Waals surface area contributed by atoms with Crippen LogP contribution < -0.4 is 5.32 Å². The van der Waals surface area contributed by atoms with Gasteiger partial charge in [0.15, 0.2) is 0 Å². The number of anilines is 1. The lowest BCUT2D eigenvalue weighted by atomic mass is 9.98. The van der Waals surface area contributed by atoms with Crippen LogP contribution in [0.2, 0.25) is 0 Å². The minimum Gasteiger partial charge on any atom is -0.366 e. The van der Waals surface area contributed by atoms with Crippen LogP contribution in [0.5, 0.6) is 0 Å². The number of piperidine rings is 1. The number of aromatic nitrogens is 2. The van der Waals surface area contributed by atoms with Crippen molar-refractivity contribution in [2.45, 2.75) is 51.6 Å². The standard InChI is InChI=1S/C18H29N5O/c1-14(2)17(22-10-3-4-11-22)18(24)23-12-7-15(8-13-23)20-16-6-5-9-19-21-16/h5-6,9,14-15,17H,3-4,7-8,10-13H2,1-2H3,(H,20,21). The number of nitrogens with one attached hydrogen (secondary N) is 1. The largest absolute Gasteiger partial charge is 0.366 e. The zero-order valence-corrected chi connectivity index (χ0v) is 14.8. The fraction of sp³-hybridized carbons (Fsp3) is 0.722. The van der Waals surface area contributed by atoms with Gasteiger partial charge in [0.1, 0.15) is 5.82 Å². The highest BCUT2D eigenvalue weighted by Gasteiger charge is 2.35. The molecular weight excluding hydrogens is 302 g/mol. The quantitative estimate of drug-likeness (QED) is 0.894. The summed E-state index contributed by atoms with van der Waals surface area (Å²) in [6.07, 6.45) is 6.05. The molecule has 0 aliphatic carbocycles. The van der Waals surface area contributed by atoms with E-state index in [9.17, 15) is 4.79 Å². The van der Waals surface area contributed by atoms with Gasteiger partial charge in [0.25, 0.3) is 0 Å². The molecule has 0 aromatic carbocycles. The van der Waals surface area contributed by atoms with Crippen molar-refractivity contribution in [1.29, 1.82) is 0 Å². The highest BCUT2D eigenvalue weighted by molar-refractivity contribution is 5.82. The summed E-state index contributed by atoms with van der Waals surface area (Å²) in [5, 5.41) is 11.4. The van der Waals surface area contributed by atoms with E-state index in [1.165, 1.54) is 12.8 Å².